The van der Waals surface area contributed by atoms with Crippen LogP contribution in [0.3, 0.4) is 0 Å². The SMILES string of the molecule is CCCCCc1nnc(NC(=O)c2ccc(-n3cnc4ccccc4c3=O)cc2)s1. The van der Waals surface area contributed by atoms with Gasteiger partial charge in [0.1, 0.15) is 11.3 Å². The largest absolute Gasteiger partial charge is 0.296 e. The Hall–Kier alpha value is -3.39. The lowest BCUT2D eigenvalue weighted by atomic mass is 10.2. The first-order valence-electron chi connectivity index (χ1n) is 9.86. The van der Waals surface area contributed by atoms with Gasteiger partial charge in [-0.05, 0) is 42.8 Å². The van der Waals surface area contributed by atoms with Crippen molar-refractivity contribution in [3.63, 3.8) is 0 Å². The van der Waals surface area contributed by atoms with Crippen LogP contribution in [-0.4, -0.2) is 25.7 Å². The molecule has 0 bridgehead atoms. The smallest absolute Gasteiger partial charge is 0.265 e. The van der Waals surface area contributed by atoms with Gasteiger partial charge in [0.05, 0.1) is 16.6 Å². The maximum Gasteiger partial charge on any atom is 0.265 e. The Bertz CT molecular complexity index is 1230. The van der Waals surface area contributed by atoms with Crippen molar-refractivity contribution in [1.82, 2.24) is 19.7 Å². The number of amides is 1. The van der Waals surface area contributed by atoms with Crippen molar-refractivity contribution in [3.05, 3.63) is 75.8 Å². The highest BCUT2D eigenvalue weighted by Crippen LogP contribution is 2.19. The van der Waals surface area contributed by atoms with E-state index in [1.165, 1.54) is 22.2 Å². The third-order valence-electron chi connectivity index (χ3n) is 4.75. The molecule has 0 unspecified atom stereocenters. The summed E-state index contributed by atoms with van der Waals surface area (Å²) in [7, 11) is 0. The molecule has 1 N–H and O–H groups in total. The average molecular weight is 420 g/mol. The highest BCUT2D eigenvalue weighted by Gasteiger charge is 2.11. The van der Waals surface area contributed by atoms with Crippen molar-refractivity contribution in [3.8, 4) is 5.69 Å². The number of rotatable bonds is 7. The Kier molecular flexibility index (Phi) is 5.94. The molecule has 0 atom stereocenters. The van der Waals surface area contributed by atoms with Crippen LogP contribution in [0.15, 0.2) is 59.7 Å². The maximum atomic E-state index is 12.7. The van der Waals surface area contributed by atoms with Crippen molar-refractivity contribution < 1.29 is 4.79 Å². The molecule has 2 aromatic carbocycles. The van der Waals surface area contributed by atoms with Gasteiger partial charge in [0.15, 0.2) is 0 Å². The van der Waals surface area contributed by atoms with Crippen LogP contribution in [-0.2, 0) is 6.42 Å². The van der Waals surface area contributed by atoms with Gasteiger partial charge in [-0.2, -0.15) is 0 Å². The molecular weight excluding hydrogens is 398 g/mol. The first kappa shape index (κ1) is 19.9. The van der Waals surface area contributed by atoms with E-state index < -0.39 is 0 Å². The van der Waals surface area contributed by atoms with Crippen molar-refractivity contribution in [2.75, 3.05) is 5.32 Å². The lowest BCUT2D eigenvalue weighted by Gasteiger charge is -2.07. The molecule has 0 aliphatic rings. The molecule has 4 rings (SSSR count). The summed E-state index contributed by atoms with van der Waals surface area (Å²) < 4.78 is 1.47. The second kappa shape index (κ2) is 8.96. The Morgan fingerprint density at radius 2 is 1.87 bits per heavy atom. The summed E-state index contributed by atoms with van der Waals surface area (Å²) in [5, 5.41) is 12.9. The molecule has 0 spiro atoms. The van der Waals surface area contributed by atoms with Crippen molar-refractivity contribution >= 4 is 33.3 Å². The summed E-state index contributed by atoms with van der Waals surface area (Å²) in [4.78, 5) is 29.6. The fourth-order valence-corrected chi connectivity index (χ4v) is 3.90. The first-order valence-corrected chi connectivity index (χ1v) is 10.7. The van der Waals surface area contributed by atoms with E-state index in [0.29, 0.717) is 27.3 Å². The van der Waals surface area contributed by atoms with Gasteiger partial charge in [-0.3, -0.25) is 19.5 Å². The molecule has 8 heteroatoms. The fraction of sp³-hybridized carbons (Fsp3) is 0.227. The Balaban J connectivity index is 1.48. The predicted molar refractivity (Wildman–Crippen MR) is 118 cm³/mol. The number of nitrogens with one attached hydrogen (secondary N) is 1. The summed E-state index contributed by atoms with van der Waals surface area (Å²) >= 11 is 1.40. The van der Waals surface area contributed by atoms with Crippen LogP contribution in [0.1, 0.15) is 41.6 Å². The molecule has 0 saturated heterocycles. The van der Waals surface area contributed by atoms with E-state index in [2.05, 4.69) is 27.4 Å². The number of anilines is 1. The molecule has 0 aliphatic heterocycles. The monoisotopic (exact) mass is 419 g/mol. The number of nitrogens with zero attached hydrogens (tertiary/aromatic N) is 4. The third kappa shape index (κ3) is 4.28. The molecule has 0 radical (unpaired) electrons. The molecule has 4 aromatic rings. The fourth-order valence-electron chi connectivity index (χ4n) is 3.13. The zero-order chi connectivity index (χ0) is 20.9. The first-order chi connectivity index (χ1) is 14.7. The molecule has 7 nitrogen and oxygen atoms in total. The number of unbranched alkanes of at least 4 members (excludes halogenated alkanes) is 2. The second-order valence-electron chi connectivity index (χ2n) is 6.90. The van der Waals surface area contributed by atoms with Crippen LogP contribution in [0.5, 0.6) is 0 Å². The number of carbonyl (C=O) groups excluding carboxylic acids is 1. The predicted octanol–water partition coefficient (Wildman–Crippen LogP) is 4.22. The summed E-state index contributed by atoms with van der Waals surface area (Å²) in [6, 6.07) is 14.0. The number of hydrogen-bond acceptors (Lipinski definition) is 6. The van der Waals surface area contributed by atoms with Gasteiger partial charge in [-0.1, -0.05) is 43.2 Å². The number of carbonyl (C=O) groups is 1. The Morgan fingerprint density at radius 1 is 1.07 bits per heavy atom. The summed E-state index contributed by atoms with van der Waals surface area (Å²) in [6.45, 7) is 2.16. The van der Waals surface area contributed by atoms with Crippen LogP contribution in [0, 0.1) is 0 Å². The van der Waals surface area contributed by atoms with Gasteiger partial charge < -0.3 is 0 Å². The van der Waals surface area contributed by atoms with E-state index in [1.54, 1.807) is 36.4 Å². The van der Waals surface area contributed by atoms with Crippen LogP contribution in [0.4, 0.5) is 5.13 Å². The summed E-state index contributed by atoms with van der Waals surface area (Å²) in [5.41, 5.74) is 1.62. The van der Waals surface area contributed by atoms with Crippen LogP contribution in [0.2, 0.25) is 0 Å². The van der Waals surface area contributed by atoms with E-state index in [1.807, 2.05) is 12.1 Å². The minimum absolute atomic E-state index is 0.151. The van der Waals surface area contributed by atoms with E-state index in [4.69, 9.17) is 0 Å². The Labute approximate surface area is 177 Å². The van der Waals surface area contributed by atoms with Gasteiger partial charge >= 0.3 is 0 Å². The normalized spacial score (nSPS) is 11.0. The van der Waals surface area contributed by atoms with Crippen LogP contribution in [0.25, 0.3) is 16.6 Å². The number of benzene rings is 2. The van der Waals surface area contributed by atoms with E-state index in [-0.39, 0.29) is 11.5 Å². The van der Waals surface area contributed by atoms with Gasteiger partial charge in [-0.15, -0.1) is 10.2 Å². The molecule has 2 aromatic heterocycles. The van der Waals surface area contributed by atoms with Gasteiger partial charge in [0.2, 0.25) is 5.13 Å². The zero-order valence-electron chi connectivity index (χ0n) is 16.5. The molecular formula is C22H21N5O2S. The molecule has 30 heavy (non-hydrogen) atoms. The van der Waals surface area contributed by atoms with Crippen molar-refractivity contribution in [2.45, 2.75) is 32.6 Å². The molecule has 0 aliphatic carbocycles. The topological polar surface area (TPSA) is 89.8 Å². The number of fused-ring (bicyclic) bond motifs is 1. The standard InChI is InChI=1S/C22H21N5O2S/c1-2-3-4-9-19-25-26-22(30-19)24-20(28)15-10-12-16(13-11-15)27-14-23-18-8-6-5-7-17(18)21(27)29/h5-8,10-14H,2-4,9H2,1H3,(H,24,26,28). The van der Waals surface area contributed by atoms with E-state index in [0.717, 1.165) is 30.7 Å². The summed E-state index contributed by atoms with van der Waals surface area (Å²) in [6.07, 6.45) is 5.76. The van der Waals surface area contributed by atoms with Crippen molar-refractivity contribution in [2.24, 2.45) is 0 Å². The third-order valence-corrected chi connectivity index (χ3v) is 5.65. The van der Waals surface area contributed by atoms with Crippen molar-refractivity contribution in [1.29, 1.82) is 0 Å². The zero-order valence-corrected chi connectivity index (χ0v) is 17.4. The van der Waals surface area contributed by atoms with Gasteiger partial charge in [-0.25, -0.2) is 4.98 Å². The van der Waals surface area contributed by atoms with Gasteiger partial charge in [0.25, 0.3) is 11.5 Å². The molecule has 0 saturated carbocycles. The highest BCUT2D eigenvalue weighted by atomic mass is 32.1. The number of aromatic nitrogens is 4. The number of hydrogen-bond donors (Lipinski definition) is 1. The van der Waals surface area contributed by atoms with E-state index in [9.17, 15) is 9.59 Å². The molecule has 152 valence electrons. The van der Waals surface area contributed by atoms with Crippen LogP contribution >= 0.6 is 11.3 Å². The lowest BCUT2D eigenvalue weighted by molar-refractivity contribution is 0.102. The van der Waals surface area contributed by atoms with Crippen LogP contribution < -0.4 is 10.9 Å². The molecule has 0 fully saturated rings. The average Bonchev–Trinajstić information content (AvgIpc) is 3.22. The highest BCUT2D eigenvalue weighted by molar-refractivity contribution is 7.15. The summed E-state index contributed by atoms with van der Waals surface area (Å²) in [5.74, 6) is -0.262. The quantitative estimate of drug-likeness (QED) is 0.453. The lowest BCUT2D eigenvalue weighted by Crippen LogP contribution is -2.19. The van der Waals surface area contributed by atoms with Gasteiger partial charge in [0, 0.05) is 12.0 Å². The minimum atomic E-state index is -0.262. The molecule has 2 heterocycles. The minimum Gasteiger partial charge on any atom is -0.296 e. The van der Waals surface area contributed by atoms with E-state index >= 15 is 0 Å². The molecule has 1 amide bonds. The number of aryl methyl sites for hydroxylation is 1. The maximum absolute atomic E-state index is 12.7. The Morgan fingerprint density at radius 3 is 2.67 bits per heavy atom. The number of para-hydroxylation sites is 1. The second-order valence-corrected chi connectivity index (χ2v) is 7.96.